The predicted octanol–water partition coefficient (Wildman–Crippen LogP) is 2.82. The normalized spacial score (nSPS) is 10.3. The van der Waals surface area contributed by atoms with Gasteiger partial charge in [-0.3, -0.25) is 0 Å². The van der Waals surface area contributed by atoms with Gasteiger partial charge in [0.15, 0.2) is 0 Å². The molecule has 2 heterocycles. The predicted molar refractivity (Wildman–Crippen MR) is 54.8 cm³/mol. The van der Waals surface area contributed by atoms with E-state index in [-0.39, 0.29) is 0 Å². The summed E-state index contributed by atoms with van der Waals surface area (Å²) in [6, 6.07) is 4.11. The first kappa shape index (κ1) is 8.38. The van der Waals surface area contributed by atoms with Crippen LogP contribution in [0.25, 0.3) is 11.3 Å². The van der Waals surface area contributed by atoms with Gasteiger partial charge in [-0.05, 0) is 26.0 Å². The standard InChI is InChI=1S/C10H10N2S/c1-7-5-9(8(2)13-7)10-3-4-11-6-12-10/h3-6H,1-2H3. The largest absolute Gasteiger partial charge is 0.245 e. The number of aryl methyl sites for hydroxylation is 2. The van der Waals surface area contributed by atoms with Crippen LogP contribution < -0.4 is 0 Å². The third-order valence-electron chi connectivity index (χ3n) is 1.90. The lowest BCUT2D eigenvalue weighted by atomic mass is 10.2. The van der Waals surface area contributed by atoms with Gasteiger partial charge in [-0.2, -0.15) is 0 Å². The minimum Gasteiger partial charge on any atom is -0.245 e. The fraction of sp³-hybridized carbons (Fsp3) is 0.200. The van der Waals surface area contributed by atoms with E-state index in [1.54, 1.807) is 23.9 Å². The molecule has 0 amide bonds. The fourth-order valence-electron chi connectivity index (χ4n) is 1.34. The highest BCUT2D eigenvalue weighted by atomic mass is 32.1. The Hall–Kier alpha value is -1.22. The number of thiophene rings is 1. The maximum Gasteiger partial charge on any atom is 0.116 e. The highest BCUT2D eigenvalue weighted by molar-refractivity contribution is 7.12. The molecule has 66 valence electrons. The molecule has 3 heteroatoms. The molecule has 0 saturated carbocycles. The van der Waals surface area contributed by atoms with Crippen LogP contribution in [0.5, 0.6) is 0 Å². The molecule has 0 N–H and O–H groups in total. The summed E-state index contributed by atoms with van der Waals surface area (Å²) in [5, 5.41) is 0. The first-order valence-corrected chi connectivity index (χ1v) is 4.92. The molecule has 0 saturated heterocycles. The van der Waals surface area contributed by atoms with Crippen LogP contribution in [0.3, 0.4) is 0 Å². The fourth-order valence-corrected chi connectivity index (χ4v) is 2.27. The molecule has 2 rings (SSSR count). The molecule has 0 aliphatic carbocycles. The minimum absolute atomic E-state index is 1.01. The van der Waals surface area contributed by atoms with Gasteiger partial charge < -0.3 is 0 Å². The van der Waals surface area contributed by atoms with E-state index in [2.05, 4.69) is 29.9 Å². The molecule has 2 nitrogen and oxygen atoms in total. The van der Waals surface area contributed by atoms with Crippen LogP contribution in [-0.2, 0) is 0 Å². The van der Waals surface area contributed by atoms with Crippen LogP contribution in [-0.4, -0.2) is 9.97 Å². The molecule has 2 aromatic rings. The molecule has 0 unspecified atom stereocenters. The third-order valence-corrected chi connectivity index (χ3v) is 2.86. The Bertz CT molecular complexity index is 406. The quantitative estimate of drug-likeness (QED) is 0.691. The van der Waals surface area contributed by atoms with Crippen LogP contribution in [0.4, 0.5) is 0 Å². The van der Waals surface area contributed by atoms with E-state index in [1.165, 1.54) is 15.3 Å². The van der Waals surface area contributed by atoms with Crippen molar-refractivity contribution in [3.05, 3.63) is 34.4 Å². The number of rotatable bonds is 1. The van der Waals surface area contributed by atoms with Crippen molar-refractivity contribution in [3.8, 4) is 11.3 Å². The number of aromatic nitrogens is 2. The first-order chi connectivity index (χ1) is 6.27. The van der Waals surface area contributed by atoms with Crippen LogP contribution >= 0.6 is 11.3 Å². The zero-order chi connectivity index (χ0) is 9.26. The number of hydrogen-bond donors (Lipinski definition) is 0. The molecule has 0 spiro atoms. The third kappa shape index (κ3) is 1.60. The van der Waals surface area contributed by atoms with Gasteiger partial charge in [0, 0.05) is 21.5 Å². The van der Waals surface area contributed by atoms with Crippen molar-refractivity contribution in [3.63, 3.8) is 0 Å². The Kier molecular flexibility index (Phi) is 2.10. The smallest absolute Gasteiger partial charge is 0.116 e. The highest BCUT2D eigenvalue weighted by Crippen LogP contribution is 2.28. The lowest BCUT2D eigenvalue weighted by molar-refractivity contribution is 1.17. The summed E-state index contributed by atoms with van der Waals surface area (Å²) in [6.45, 7) is 4.23. The summed E-state index contributed by atoms with van der Waals surface area (Å²) in [4.78, 5) is 10.8. The summed E-state index contributed by atoms with van der Waals surface area (Å²) in [6.07, 6.45) is 3.36. The van der Waals surface area contributed by atoms with Crippen LogP contribution in [0.1, 0.15) is 9.75 Å². The van der Waals surface area contributed by atoms with E-state index >= 15 is 0 Å². The van der Waals surface area contributed by atoms with Gasteiger partial charge in [-0.1, -0.05) is 0 Å². The molecular weight excluding hydrogens is 180 g/mol. The van der Waals surface area contributed by atoms with Gasteiger partial charge in [0.1, 0.15) is 6.33 Å². The zero-order valence-electron chi connectivity index (χ0n) is 7.61. The van der Waals surface area contributed by atoms with Gasteiger partial charge in [-0.25, -0.2) is 9.97 Å². The van der Waals surface area contributed by atoms with Gasteiger partial charge in [0.2, 0.25) is 0 Å². The topological polar surface area (TPSA) is 25.8 Å². The zero-order valence-corrected chi connectivity index (χ0v) is 8.43. The molecule has 0 atom stereocenters. The maximum atomic E-state index is 4.22. The average Bonchev–Trinajstić information content (AvgIpc) is 2.47. The number of hydrogen-bond acceptors (Lipinski definition) is 3. The molecule has 0 bridgehead atoms. The molecule has 2 aromatic heterocycles. The Morgan fingerprint density at radius 1 is 1.31 bits per heavy atom. The summed E-state index contributed by atoms with van der Waals surface area (Å²) >= 11 is 1.80. The molecule has 13 heavy (non-hydrogen) atoms. The Morgan fingerprint density at radius 2 is 2.15 bits per heavy atom. The molecule has 0 aliphatic rings. The molecular formula is C10H10N2S. The first-order valence-electron chi connectivity index (χ1n) is 4.11. The summed E-state index contributed by atoms with van der Waals surface area (Å²) in [5.41, 5.74) is 2.24. The van der Waals surface area contributed by atoms with Crippen LogP contribution in [0, 0.1) is 13.8 Å². The van der Waals surface area contributed by atoms with Gasteiger partial charge >= 0.3 is 0 Å². The van der Waals surface area contributed by atoms with Crippen molar-refractivity contribution in [2.45, 2.75) is 13.8 Å². The number of nitrogens with zero attached hydrogens (tertiary/aromatic N) is 2. The lowest BCUT2D eigenvalue weighted by Crippen LogP contribution is -1.82. The van der Waals surface area contributed by atoms with E-state index in [0.717, 1.165) is 5.69 Å². The van der Waals surface area contributed by atoms with Crippen molar-refractivity contribution < 1.29 is 0 Å². The molecule has 0 radical (unpaired) electrons. The highest BCUT2D eigenvalue weighted by Gasteiger charge is 2.05. The second kappa shape index (κ2) is 3.26. The van der Waals surface area contributed by atoms with Crippen molar-refractivity contribution in [1.29, 1.82) is 0 Å². The van der Waals surface area contributed by atoms with Crippen molar-refractivity contribution in [2.75, 3.05) is 0 Å². The van der Waals surface area contributed by atoms with E-state index in [1.807, 2.05) is 6.07 Å². The summed E-state index contributed by atoms with van der Waals surface area (Å²) < 4.78 is 0. The average molecular weight is 190 g/mol. The molecule has 0 aromatic carbocycles. The molecule has 0 fully saturated rings. The SMILES string of the molecule is Cc1cc(-c2ccncn2)c(C)s1. The van der Waals surface area contributed by atoms with E-state index in [0.29, 0.717) is 0 Å². The van der Waals surface area contributed by atoms with Gasteiger partial charge in [-0.15, -0.1) is 11.3 Å². The summed E-state index contributed by atoms with van der Waals surface area (Å²) in [5.74, 6) is 0. The molecule has 0 aliphatic heterocycles. The van der Waals surface area contributed by atoms with E-state index < -0.39 is 0 Å². The van der Waals surface area contributed by atoms with Crippen LogP contribution in [0.15, 0.2) is 24.7 Å². The summed E-state index contributed by atoms with van der Waals surface area (Å²) in [7, 11) is 0. The Labute approximate surface area is 81.3 Å². The Balaban J connectivity index is 2.53. The van der Waals surface area contributed by atoms with Crippen LogP contribution in [0.2, 0.25) is 0 Å². The van der Waals surface area contributed by atoms with Gasteiger partial charge in [0.05, 0.1) is 5.69 Å². The maximum absolute atomic E-state index is 4.22. The lowest BCUT2D eigenvalue weighted by Gasteiger charge is -1.96. The second-order valence-corrected chi connectivity index (χ2v) is 4.38. The minimum atomic E-state index is 1.01. The second-order valence-electron chi connectivity index (χ2n) is 2.92. The van der Waals surface area contributed by atoms with E-state index in [9.17, 15) is 0 Å². The van der Waals surface area contributed by atoms with Crippen molar-refractivity contribution in [1.82, 2.24) is 9.97 Å². The monoisotopic (exact) mass is 190 g/mol. The van der Waals surface area contributed by atoms with Crippen molar-refractivity contribution >= 4 is 11.3 Å². The van der Waals surface area contributed by atoms with E-state index in [4.69, 9.17) is 0 Å². The Morgan fingerprint density at radius 3 is 2.69 bits per heavy atom. The van der Waals surface area contributed by atoms with Crippen molar-refractivity contribution in [2.24, 2.45) is 0 Å². The van der Waals surface area contributed by atoms with Gasteiger partial charge in [0.25, 0.3) is 0 Å².